The summed E-state index contributed by atoms with van der Waals surface area (Å²) in [6, 6.07) is 5.99. The van der Waals surface area contributed by atoms with Crippen LogP contribution in [-0.4, -0.2) is 74.9 Å². The van der Waals surface area contributed by atoms with E-state index in [-0.39, 0.29) is 59.0 Å². The van der Waals surface area contributed by atoms with Gasteiger partial charge < -0.3 is 19.9 Å². The lowest BCUT2D eigenvalue weighted by molar-refractivity contribution is -0.162. The van der Waals surface area contributed by atoms with Crippen LogP contribution in [0.2, 0.25) is 0 Å². The molecule has 3 aromatic rings. The standard InChI is InChI=1S/C25H31FN6O5S/c1-4-9-38(34,35)24-28-22(27-17-11-16(17)13-5-7-15(26)8-6-13)19-23(29-24)32(31-30-19)18-10-14(12-33)20-21(18)37-25(2,3)36-20/h5-8,14,16-18,20-21,33H,4,9-12H2,1-3H3,(H,27,28,29)/t14-,16-,17+,18-,20-,21+/m0/s1. The number of nitrogens with one attached hydrogen (secondary N) is 1. The number of aromatic nitrogens is 5. The Hall–Kier alpha value is -2.74. The number of sulfone groups is 1. The first-order valence-electron chi connectivity index (χ1n) is 12.9. The maximum atomic E-state index is 13.4. The Kier molecular flexibility index (Phi) is 6.17. The molecule has 3 heterocycles. The Morgan fingerprint density at radius 2 is 1.89 bits per heavy atom. The van der Waals surface area contributed by atoms with Crippen molar-refractivity contribution in [3.63, 3.8) is 0 Å². The lowest BCUT2D eigenvalue weighted by Gasteiger charge is -2.23. The summed E-state index contributed by atoms with van der Waals surface area (Å²) in [7, 11) is -3.75. The van der Waals surface area contributed by atoms with Crippen molar-refractivity contribution in [2.24, 2.45) is 5.92 Å². The molecular formula is C25H31FN6O5S. The van der Waals surface area contributed by atoms with Gasteiger partial charge in [-0.25, -0.2) is 17.5 Å². The van der Waals surface area contributed by atoms with E-state index in [2.05, 4.69) is 25.6 Å². The van der Waals surface area contributed by atoms with Gasteiger partial charge >= 0.3 is 0 Å². The topological polar surface area (TPSA) is 141 Å². The number of hydrogen-bond donors (Lipinski definition) is 2. The highest BCUT2D eigenvalue weighted by Crippen LogP contribution is 2.47. The molecule has 1 aromatic carbocycles. The van der Waals surface area contributed by atoms with Gasteiger partial charge in [0.25, 0.3) is 5.16 Å². The summed E-state index contributed by atoms with van der Waals surface area (Å²) < 4.78 is 53.3. The SMILES string of the molecule is CCCS(=O)(=O)c1nc(N[C@@H]2C[C@H]2c2ccc(F)cc2)c2nnn([C@H]3C[C@@H](CO)[C@@H]4OC(C)(C)O[C@@H]43)c2n1. The molecule has 38 heavy (non-hydrogen) atoms. The molecule has 204 valence electrons. The molecule has 1 saturated heterocycles. The number of hydrogen-bond acceptors (Lipinski definition) is 10. The van der Waals surface area contributed by atoms with E-state index in [1.165, 1.54) is 12.1 Å². The number of nitrogens with zero attached hydrogens (tertiary/aromatic N) is 5. The normalized spacial score (nSPS) is 30.0. The van der Waals surface area contributed by atoms with Crippen LogP contribution in [0, 0.1) is 11.7 Å². The van der Waals surface area contributed by atoms with Gasteiger partial charge in [0.2, 0.25) is 9.84 Å². The van der Waals surface area contributed by atoms with E-state index in [0.717, 1.165) is 12.0 Å². The Labute approximate surface area is 219 Å². The molecule has 0 spiro atoms. The average Bonchev–Trinajstić information content (AvgIpc) is 3.19. The van der Waals surface area contributed by atoms with Crippen molar-refractivity contribution in [3.8, 4) is 0 Å². The minimum Gasteiger partial charge on any atom is -0.396 e. The summed E-state index contributed by atoms with van der Waals surface area (Å²) in [5, 5.41) is 21.8. The van der Waals surface area contributed by atoms with E-state index >= 15 is 0 Å². The van der Waals surface area contributed by atoms with E-state index in [0.29, 0.717) is 24.2 Å². The van der Waals surface area contributed by atoms with Crippen LogP contribution in [-0.2, 0) is 19.3 Å². The minimum atomic E-state index is -3.75. The molecule has 2 N–H and O–H groups in total. The molecule has 2 aromatic heterocycles. The molecule has 0 unspecified atom stereocenters. The van der Waals surface area contributed by atoms with E-state index < -0.39 is 21.7 Å². The molecule has 0 amide bonds. The number of benzene rings is 1. The molecular weight excluding hydrogens is 515 g/mol. The summed E-state index contributed by atoms with van der Waals surface area (Å²) in [6.07, 6.45) is 0.988. The largest absolute Gasteiger partial charge is 0.396 e. The van der Waals surface area contributed by atoms with Crippen molar-refractivity contribution in [2.75, 3.05) is 17.7 Å². The van der Waals surface area contributed by atoms with E-state index in [4.69, 9.17) is 9.47 Å². The third-order valence-corrected chi connectivity index (χ3v) is 9.25. The predicted octanol–water partition coefficient (Wildman–Crippen LogP) is 2.59. The number of rotatable bonds is 8. The first-order chi connectivity index (χ1) is 18.1. The highest BCUT2D eigenvalue weighted by Gasteiger charge is 2.55. The van der Waals surface area contributed by atoms with Gasteiger partial charge in [0, 0.05) is 24.5 Å². The number of ether oxygens (including phenoxy) is 2. The first-order valence-corrected chi connectivity index (χ1v) is 14.6. The zero-order valence-corrected chi connectivity index (χ0v) is 22.2. The van der Waals surface area contributed by atoms with Crippen molar-refractivity contribution in [1.82, 2.24) is 25.0 Å². The maximum Gasteiger partial charge on any atom is 0.251 e. The summed E-state index contributed by atoms with van der Waals surface area (Å²) in [6.45, 7) is 5.35. The van der Waals surface area contributed by atoms with Gasteiger partial charge in [0.1, 0.15) is 11.9 Å². The lowest BCUT2D eigenvalue weighted by atomic mass is 10.1. The number of aliphatic hydroxyl groups is 1. The predicted molar refractivity (Wildman–Crippen MR) is 135 cm³/mol. The van der Waals surface area contributed by atoms with Crippen molar-refractivity contribution in [2.45, 2.75) is 81.2 Å². The second-order valence-electron chi connectivity index (χ2n) is 10.8. The fourth-order valence-corrected chi connectivity index (χ4v) is 6.89. The highest BCUT2D eigenvalue weighted by molar-refractivity contribution is 7.91. The van der Waals surface area contributed by atoms with Gasteiger partial charge in [-0.1, -0.05) is 24.3 Å². The van der Waals surface area contributed by atoms with Crippen molar-refractivity contribution < 1.29 is 27.4 Å². The molecule has 0 bridgehead atoms. The molecule has 0 radical (unpaired) electrons. The Bertz CT molecular complexity index is 1460. The number of fused-ring (bicyclic) bond motifs is 2. The van der Waals surface area contributed by atoms with Gasteiger partial charge in [-0.15, -0.1) is 5.10 Å². The van der Waals surface area contributed by atoms with Crippen LogP contribution in [0.3, 0.4) is 0 Å². The third-order valence-electron chi connectivity index (χ3n) is 7.57. The molecule has 3 fully saturated rings. The maximum absolute atomic E-state index is 13.4. The monoisotopic (exact) mass is 546 g/mol. The second kappa shape index (κ2) is 9.18. The second-order valence-corrected chi connectivity index (χ2v) is 12.8. The first kappa shape index (κ1) is 25.5. The van der Waals surface area contributed by atoms with Crippen LogP contribution in [0.4, 0.5) is 10.2 Å². The van der Waals surface area contributed by atoms with Crippen molar-refractivity contribution in [1.29, 1.82) is 0 Å². The third kappa shape index (κ3) is 4.44. The van der Waals surface area contributed by atoms with Crippen LogP contribution in [0.25, 0.3) is 11.2 Å². The number of anilines is 1. The molecule has 6 rings (SSSR count). The van der Waals surface area contributed by atoms with Crippen LogP contribution < -0.4 is 5.32 Å². The summed E-state index contributed by atoms with van der Waals surface area (Å²) in [5.74, 6) is -0.946. The molecule has 2 aliphatic carbocycles. The van der Waals surface area contributed by atoms with Crippen molar-refractivity contribution in [3.05, 3.63) is 35.6 Å². The number of halogens is 1. The molecule has 13 heteroatoms. The van der Waals surface area contributed by atoms with E-state index in [1.807, 2.05) is 13.8 Å². The zero-order valence-electron chi connectivity index (χ0n) is 21.4. The smallest absolute Gasteiger partial charge is 0.251 e. The van der Waals surface area contributed by atoms with Gasteiger partial charge in [0.05, 0.1) is 17.9 Å². The zero-order chi connectivity index (χ0) is 26.8. The quantitative estimate of drug-likeness (QED) is 0.405. The molecule has 3 aliphatic rings. The number of aliphatic hydroxyl groups excluding tert-OH is 1. The highest BCUT2D eigenvalue weighted by atomic mass is 32.2. The van der Waals surface area contributed by atoms with Crippen LogP contribution in [0.15, 0.2) is 29.4 Å². The molecule has 6 atom stereocenters. The summed E-state index contributed by atoms with van der Waals surface area (Å²) in [4.78, 5) is 8.84. The van der Waals surface area contributed by atoms with Crippen LogP contribution >= 0.6 is 0 Å². The van der Waals surface area contributed by atoms with Gasteiger partial charge in [0.15, 0.2) is 22.8 Å². The molecule has 11 nitrogen and oxygen atoms in total. The van der Waals surface area contributed by atoms with E-state index in [9.17, 15) is 17.9 Å². The Morgan fingerprint density at radius 3 is 2.61 bits per heavy atom. The molecule has 1 aliphatic heterocycles. The fraction of sp³-hybridized carbons (Fsp3) is 0.600. The van der Waals surface area contributed by atoms with Gasteiger partial charge in [-0.3, -0.25) is 0 Å². The minimum absolute atomic E-state index is 0.0209. The van der Waals surface area contributed by atoms with Crippen LogP contribution in [0.1, 0.15) is 57.6 Å². The fourth-order valence-electron chi connectivity index (χ4n) is 5.72. The average molecular weight is 547 g/mol. The Balaban J connectivity index is 1.38. The lowest BCUT2D eigenvalue weighted by Crippen LogP contribution is -2.28. The van der Waals surface area contributed by atoms with E-state index in [1.54, 1.807) is 23.7 Å². The van der Waals surface area contributed by atoms with Gasteiger partial charge in [-0.2, -0.15) is 9.97 Å². The Morgan fingerprint density at radius 1 is 1.16 bits per heavy atom. The summed E-state index contributed by atoms with van der Waals surface area (Å²) in [5.41, 5.74) is 1.63. The van der Waals surface area contributed by atoms with Gasteiger partial charge in [-0.05, 0) is 50.8 Å². The summed E-state index contributed by atoms with van der Waals surface area (Å²) >= 11 is 0. The van der Waals surface area contributed by atoms with Crippen LogP contribution in [0.5, 0.6) is 0 Å². The molecule has 2 saturated carbocycles. The van der Waals surface area contributed by atoms with Crippen molar-refractivity contribution >= 4 is 26.8 Å².